The molecule has 0 amide bonds. The largest absolute Gasteiger partial charge is 0.390 e. The van der Waals surface area contributed by atoms with Gasteiger partial charge in [-0.2, -0.15) is 5.90 Å². The molecule has 0 spiro atoms. The van der Waals surface area contributed by atoms with Crippen molar-refractivity contribution >= 4 is 5.97 Å². The van der Waals surface area contributed by atoms with Crippen LogP contribution in [0.25, 0.3) is 0 Å². The number of carbonyl (C=O) groups is 1. The summed E-state index contributed by atoms with van der Waals surface area (Å²) in [4.78, 5) is 14.7. The number of hydrogen-bond donors (Lipinski definition) is 3. The van der Waals surface area contributed by atoms with E-state index in [4.69, 9.17) is 9.47 Å². The monoisotopic (exact) mass is 682 g/mol. The Balaban J connectivity index is 0.00000157. The topological polar surface area (TPSA) is 111 Å². The predicted octanol–water partition coefficient (Wildman–Crippen LogP) is 9.31. The molecule has 0 aliphatic heterocycles. The lowest BCUT2D eigenvalue weighted by Crippen LogP contribution is -2.48. The minimum absolute atomic E-state index is 0.0709. The van der Waals surface area contributed by atoms with Gasteiger partial charge < -0.3 is 24.5 Å². The molecule has 7 nitrogen and oxygen atoms in total. The summed E-state index contributed by atoms with van der Waals surface area (Å²) < 4.78 is 12.3. The van der Waals surface area contributed by atoms with E-state index in [9.17, 15) is 15.0 Å². The van der Waals surface area contributed by atoms with Crippen molar-refractivity contribution in [2.75, 3.05) is 19.8 Å². The zero-order chi connectivity index (χ0) is 36.8. The second-order valence-electron chi connectivity index (χ2n) is 14.6. The van der Waals surface area contributed by atoms with Crippen LogP contribution in [-0.4, -0.2) is 54.3 Å². The first-order valence-corrected chi connectivity index (χ1v) is 19.7. The number of hydrogen-bond acceptors (Lipinski definition) is 7. The highest BCUT2D eigenvalue weighted by Crippen LogP contribution is 2.47. The normalized spacial score (nSPS) is 29.4. The van der Waals surface area contributed by atoms with Crippen LogP contribution in [0.3, 0.4) is 0 Å². The van der Waals surface area contributed by atoms with Crippen LogP contribution in [0.4, 0.5) is 0 Å². The van der Waals surface area contributed by atoms with Gasteiger partial charge >= 0.3 is 5.97 Å². The summed E-state index contributed by atoms with van der Waals surface area (Å²) in [5, 5.41) is 23.1. The van der Waals surface area contributed by atoms with Crippen molar-refractivity contribution in [2.24, 2.45) is 59.2 Å². The van der Waals surface area contributed by atoms with Crippen LogP contribution in [0.5, 0.6) is 0 Å². The Labute approximate surface area is 296 Å². The maximum atomic E-state index is 11.6. The molecule has 7 heteroatoms. The van der Waals surface area contributed by atoms with Gasteiger partial charge in [0.1, 0.15) is 0 Å². The van der Waals surface area contributed by atoms with E-state index in [0.29, 0.717) is 53.1 Å². The summed E-state index contributed by atoms with van der Waals surface area (Å²) in [5.41, 5.74) is 0.463. The molecule has 0 heterocycles. The molecular weight excluding hydrogens is 602 g/mol. The van der Waals surface area contributed by atoms with Crippen molar-refractivity contribution in [2.45, 2.75) is 159 Å². The summed E-state index contributed by atoms with van der Waals surface area (Å²) in [5.74, 6) is 8.10. The van der Waals surface area contributed by atoms with Gasteiger partial charge in [-0.05, 0) is 107 Å². The number of rotatable bonds is 17. The van der Waals surface area contributed by atoms with Crippen LogP contribution in [0, 0.1) is 53.3 Å². The van der Waals surface area contributed by atoms with Gasteiger partial charge in [0.25, 0.3) is 0 Å². The molecule has 8 unspecified atom stereocenters. The maximum Gasteiger partial charge on any atom is 0.356 e. The molecular formula is C41H79NO6. The minimum Gasteiger partial charge on any atom is -0.390 e. The Morgan fingerprint density at radius 2 is 1.48 bits per heavy atom. The molecule has 0 aromatic carbocycles. The van der Waals surface area contributed by atoms with Crippen LogP contribution in [0.15, 0.2) is 23.8 Å². The van der Waals surface area contributed by atoms with Crippen molar-refractivity contribution in [3.8, 4) is 0 Å². The van der Waals surface area contributed by atoms with Gasteiger partial charge in [0.05, 0.1) is 30.5 Å². The van der Waals surface area contributed by atoms with Gasteiger partial charge in [-0.3, -0.25) is 0 Å². The third-order valence-corrected chi connectivity index (χ3v) is 11.3. The Bertz CT molecular complexity index is 877. The summed E-state index contributed by atoms with van der Waals surface area (Å²) >= 11 is 0. The van der Waals surface area contributed by atoms with E-state index in [0.717, 1.165) is 45.5 Å². The second kappa shape index (κ2) is 26.5. The van der Waals surface area contributed by atoms with Crippen molar-refractivity contribution < 1.29 is 29.3 Å². The minimum atomic E-state index is -0.690. The molecule has 0 radical (unpaired) electrons. The molecule has 4 N–H and O–H groups in total. The zero-order valence-corrected chi connectivity index (χ0v) is 33.3. The summed E-state index contributed by atoms with van der Waals surface area (Å²) in [6.07, 6.45) is 14.5. The Morgan fingerprint density at radius 1 is 0.875 bits per heavy atom. The third-order valence-electron chi connectivity index (χ3n) is 11.3. The molecule has 12 atom stereocenters. The van der Waals surface area contributed by atoms with Crippen LogP contribution in [0.2, 0.25) is 0 Å². The average molecular weight is 682 g/mol. The third kappa shape index (κ3) is 15.3. The molecule has 2 rings (SSSR count). The van der Waals surface area contributed by atoms with E-state index in [-0.39, 0.29) is 11.8 Å². The highest BCUT2D eigenvalue weighted by Gasteiger charge is 2.44. The summed E-state index contributed by atoms with van der Waals surface area (Å²) in [6, 6.07) is 0. The van der Waals surface area contributed by atoms with Crippen LogP contribution >= 0.6 is 0 Å². The van der Waals surface area contributed by atoms with Crippen molar-refractivity contribution in [3.05, 3.63) is 23.8 Å². The number of allylic oxidation sites excluding steroid dienone is 2. The molecule has 0 aromatic rings. The van der Waals surface area contributed by atoms with Gasteiger partial charge in [-0.25, -0.2) is 4.79 Å². The molecule has 0 saturated heterocycles. The van der Waals surface area contributed by atoms with E-state index >= 15 is 0 Å². The molecule has 0 bridgehead atoms. The van der Waals surface area contributed by atoms with E-state index in [1.165, 1.54) is 32.1 Å². The fourth-order valence-corrected chi connectivity index (χ4v) is 8.45. The SMILES string of the molecule is C/C=C\C(=C/C)C(=O)ON.CC.CCCC(C)OCC1C[C@H](C)CC[C@H]1C(C)C(O)C(O)C(C)[C@@H]1CC[C@@H](C)C(CCC)C1COCC. The van der Waals surface area contributed by atoms with Crippen LogP contribution in [0.1, 0.15) is 141 Å². The lowest BCUT2D eigenvalue weighted by Gasteiger charge is -2.47. The van der Waals surface area contributed by atoms with E-state index in [1.54, 1.807) is 25.2 Å². The van der Waals surface area contributed by atoms with Gasteiger partial charge in [0.15, 0.2) is 0 Å². The first kappa shape index (κ1) is 46.8. The average Bonchev–Trinajstić information content (AvgIpc) is 3.09. The molecule has 284 valence electrons. The second-order valence-corrected chi connectivity index (χ2v) is 14.6. The fourth-order valence-electron chi connectivity index (χ4n) is 8.45. The van der Waals surface area contributed by atoms with E-state index < -0.39 is 18.2 Å². The molecule has 2 aliphatic rings. The van der Waals surface area contributed by atoms with Crippen molar-refractivity contribution in [3.63, 3.8) is 0 Å². The van der Waals surface area contributed by atoms with Crippen LogP contribution < -0.4 is 5.90 Å². The number of nitrogens with two attached hydrogens (primary N) is 1. The number of carbonyl (C=O) groups excluding carboxylic acids is 1. The lowest BCUT2D eigenvalue weighted by atomic mass is 9.60. The first-order chi connectivity index (χ1) is 22.9. The molecule has 2 aliphatic carbocycles. The number of aliphatic hydroxyl groups excluding tert-OH is 2. The predicted molar refractivity (Wildman–Crippen MR) is 201 cm³/mol. The van der Waals surface area contributed by atoms with Gasteiger partial charge in [0, 0.05) is 13.2 Å². The Kier molecular flexibility index (Phi) is 25.9. The Hall–Kier alpha value is -1.25. The molecule has 0 aromatic heterocycles. The fraction of sp³-hybridized carbons (Fsp3) is 0.878. The molecule has 2 saturated carbocycles. The smallest absolute Gasteiger partial charge is 0.356 e. The number of aliphatic hydroxyl groups is 2. The number of ether oxygens (including phenoxy) is 2. The van der Waals surface area contributed by atoms with E-state index in [2.05, 4.69) is 66.1 Å². The van der Waals surface area contributed by atoms with Crippen LogP contribution in [-0.2, 0) is 19.1 Å². The Morgan fingerprint density at radius 3 is 2.00 bits per heavy atom. The highest BCUT2D eigenvalue weighted by atomic mass is 16.7. The first-order valence-electron chi connectivity index (χ1n) is 19.7. The highest BCUT2D eigenvalue weighted by molar-refractivity contribution is 5.91. The zero-order valence-electron chi connectivity index (χ0n) is 33.3. The van der Waals surface area contributed by atoms with Crippen molar-refractivity contribution in [1.29, 1.82) is 0 Å². The maximum absolute atomic E-state index is 11.6. The lowest BCUT2D eigenvalue weighted by molar-refractivity contribution is -0.139. The van der Waals surface area contributed by atoms with Gasteiger partial charge in [-0.1, -0.05) is 106 Å². The van der Waals surface area contributed by atoms with E-state index in [1.807, 2.05) is 20.8 Å². The van der Waals surface area contributed by atoms with Gasteiger partial charge in [0.2, 0.25) is 0 Å². The standard InChI is InChI=1S/C32H62O4.C7H11NO2.C2H6/c1-9-12-23(6)36-19-26-18-21(4)14-16-28(26)24(7)31(33)32(34)25(8)29-17-15-22(5)27(13-10-2)30(29)20-35-11-3;1-3-5-6(4-2)7(9)10-8;1-2/h21-34H,9-20H2,1-8H3;3-5H,8H2,1-2H3;1-2H3/b;5-3-,6-4+;/t21-,22-,23?,24?,25?,26?,27?,28+,29+,30?,31?,32?;;/m1../s1. The quantitative estimate of drug-likeness (QED) is 0.0797. The molecule has 2 fully saturated rings. The molecule has 48 heavy (non-hydrogen) atoms. The van der Waals surface area contributed by atoms with Crippen molar-refractivity contribution in [1.82, 2.24) is 0 Å². The summed E-state index contributed by atoms with van der Waals surface area (Å²) in [6.45, 7) is 27.8. The summed E-state index contributed by atoms with van der Waals surface area (Å²) in [7, 11) is 0. The van der Waals surface area contributed by atoms with Gasteiger partial charge in [-0.15, -0.1) is 0 Å².